The van der Waals surface area contributed by atoms with Crippen LogP contribution >= 0.6 is 0 Å². The number of aromatic hydroxyl groups is 1. The minimum absolute atomic E-state index is 0.171. The van der Waals surface area contributed by atoms with Gasteiger partial charge in [-0.25, -0.2) is 8.78 Å². The van der Waals surface area contributed by atoms with Crippen LogP contribution < -0.4 is 10.7 Å². The van der Waals surface area contributed by atoms with Crippen LogP contribution in [0.5, 0.6) is 5.75 Å². The standard InChI is InChI=1S/C21H19F2N3O4/c1-11-6-15(22)13(16(23)7-11)8-24-20(29)14-10-26-12-4-2-3-5-25(9-12)21(30)17(26)19(28)18(14)27/h2,4,6-7,10,12,28H,3,5,8-9H2,1H3,(H,24,29)/t12-/m0/s1. The molecule has 7 nitrogen and oxygen atoms in total. The van der Waals surface area contributed by atoms with Crippen molar-refractivity contribution in [1.29, 1.82) is 0 Å². The number of aromatic nitrogens is 1. The molecule has 0 saturated carbocycles. The Hall–Kier alpha value is -3.49. The smallest absolute Gasteiger partial charge is 0.274 e. The first kappa shape index (κ1) is 19.8. The molecule has 0 radical (unpaired) electrons. The largest absolute Gasteiger partial charge is 0.503 e. The highest BCUT2D eigenvalue weighted by Gasteiger charge is 2.35. The SMILES string of the molecule is Cc1cc(F)c(CNC(=O)c2cn3c(c(O)c2=O)C(=O)N2CCC=C[C@H]3C2)c(F)c1. The molecular weight excluding hydrogens is 396 g/mol. The second-order valence-corrected chi connectivity index (χ2v) is 7.40. The average Bonchev–Trinajstić information content (AvgIpc) is 2.91. The number of hydrogen-bond acceptors (Lipinski definition) is 4. The molecule has 2 bridgehead atoms. The van der Waals surface area contributed by atoms with Crippen LogP contribution in [0.2, 0.25) is 0 Å². The fraction of sp³-hybridized carbons (Fsp3) is 0.286. The van der Waals surface area contributed by atoms with Gasteiger partial charge in [0.2, 0.25) is 5.43 Å². The number of fused-ring (bicyclic) bond motifs is 4. The van der Waals surface area contributed by atoms with Crippen molar-refractivity contribution in [2.75, 3.05) is 13.1 Å². The molecule has 9 heteroatoms. The first-order valence-corrected chi connectivity index (χ1v) is 9.44. The lowest BCUT2D eigenvalue weighted by molar-refractivity contribution is 0.0687. The molecular formula is C21H19F2N3O4. The number of rotatable bonds is 3. The van der Waals surface area contributed by atoms with Gasteiger partial charge in [0.1, 0.15) is 17.2 Å². The maximum absolute atomic E-state index is 14.0. The van der Waals surface area contributed by atoms with E-state index in [1.165, 1.54) is 17.7 Å². The fourth-order valence-corrected chi connectivity index (χ4v) is 3.79. The Labute approximate surface area is 170 Å². The predicted molar refractivity (Wildman–Crippen MR) is 103 cm³/mol. The number of carbonyl (C=O) groups excluding carboxylic acids is 2. The summed E-state index contributed by atoms with van der Waals surface area (Å²) >= 11 is 0. The van der Waals surface area contributed by atoms with E-state index >= 15 is 0 Å². The van der Waals surface area contributed by atoms with E-state index in [9.17, 15) is 28.3 Å². The van der Waals surface area contributed by atoms with Crippen LogP contribution in [0.25, 0.3) is 0 Å². The molecule has 0 saturated heterocycles. The Morgan fingerprint density at radius 2 is 1.97 bits per heavy atom. The summed E-state index contributed by atoms with van der Waals surface area (Å²) in [5.74, 6) is -3.83. The zero-order chi connectivity index (χ0) is 21.6. The third kappa shape index (κ3) is 3.26. The Morgan fingerprint density at radius 1 is 1.27 bits per heavy atom. The lowest BCUT2D eigenvalue weighted by Crippen LogP contribution is -2.44. The molecule has 0 spiro atoms. The molecule has 2 amide bonds. The predicted octanol–water partition coefficient (Wildman–Crippen LogP) is 2.03. The zero-order valence-electron chi connectivity index (χ0n) is 16.1. The van der Waals surface area contributed by atoms with Gasteiger partial charge in [0, 0.05) is 31.4 Å². The molecule has 2 aromatic rings. The normalized spacial score (nSPS) is 17.5. The summed E-state index contributed by atoms with van der Waals surface area (Å²) in [4.78, 5) is 39.3. The van der Waals surface area contributed by atoms with Crippen molar-refractivity contribution in [2.24, 2.45) is 0 Å². The van der Waals surface area contributed by atoms with Crippen LogP contribution in [0.1, 0.15) is 44.4 Å². The van der Waals surface area contributed by atoms with Gasteiger partial charge in [-0.3, -0.25) is 14.4 Å². The number of carbonyl (C=O) groups is 2. The summed E-state index contributed by atoms with van der Waals surface area (Å²) in [6.45, 7) is 1.88. The monoisotopic (exact) mass is 415 g/mol. The summed E-state index contributed by atoms with van der Waals surface area (Å²) in [5, 5.41) is 12.7. The topological polar surface area (TPSA) is 91.6 Å². The second-order valence-electron chi connectivity index (χ2n) is 7.40. The van der Waals surface area contributed by atoms with Gasteiger partial charge in [-0.05, 0) is 31.0 Å². The van der Waals surface area contributed by atoms with Crippen LogP contribution in [-0.4, -0.2) is 39.5 Å². The second kappa shape index (κ2) is 7.40. The summed E-state index contributed by atoms with van der Waals surface area (Å²) in [5.41, 5.74) is -1.54. The number of nitrogens with zero attached hydrogens (tertiary/aromatic N) is 2. The molecule has 1 aromatic heterocycles. The van der Waals surface area contributed by atoms with Gasteiger partial charge in [-0.15, -0.1) is 0 Å². The van der Waals surface area contributed by atoms with Gasteiger partial charge < -0.3 is 19.9 Å². The van der Waals surface area contributed by atoms with Crippen LogP contribution in [0, 0.1) is 18.6 Å². The third-order valence-electron chi connectivity index (χ3n) is 5.34. The van der Waals surface area contributed by atoms with E-state index in [2.05, 4.69) is 5.32 Å². The first-order chi connectivity index (χ1) is 14.3. The third-order valence-corrected chi connectivity index (χ3v) is 5.34. The van der Waals surface area contributed by atoms with Crippen molar-refractivity contribution in [3.8, 4) is 5.75 Å². The van der Waals surface area contributed by atoms with Crippen molar-refractivity contribution in [3.05, 3.63) is 74.7 Å². The number of nitrogens with one attached hydrogen (secondary N) is 1. The number of benzene rings is 1. The molecule has 0 unspecified atom stereocenters. The first-order valence-electron chi connectivity index (χ1n) is 9.44. The minimum Gasteiger partial charge on any atom is -0.503 e. The Balaban J connectivity index is 1.68. The van der Waals surface area contributed by atoms with E-state index in [4.69, 9.17) is 0 Å². The number of amides is 2. The van der Waals surface area contributed by atoms with E-state index in [1.807, 2.05) is 12.2 Å². The van der Waals surface area contributed by atoms with Crippen LogP contribution in [0.3, 0.4) is 0 Å². The van der Waals surface area contributed by atoms with E-state index in [0.717, 1.165) is 12.1 Å². The molecule has 0 fully saturated rings. The number of pyridine rings is 1. The van der Waals surface area contributed by atoms with Crippen LogP contribution in [0.4, 0.5) is 8.78 Å². The Morgan fingerprint density at radius 3 is 2.67 bits per heavy atom. The van der Waals surface area contributed by atoms with Gasteiger partial charge >= 0.3 is 0 Å². The summed E-state index contributed by atoms with van der Waals surface area (Å²) in [6.07, 6.45) is 5.59. The minimum atomic E-state index is -1.01. The summed E-state index contributed by atoms with van der Waals surface area (Å²) in [7, 11) is 0. The molecule has 2 aliphatic heterocycles. The maximum atomic E-state index is 14.0. The summed E-state index contributed by atoms with van der Waals surface area (Å²) in [6, 6.07) is 1.94. The van der Waals surface area contributed by atoms with Crippen molar-refractivity contribution >= 4 is 11.8 Å². The Bertz CT molecular complexity index is 1130. The molecule has 156 valence electrons. The number of aryl methyl sites for hydroxylation is 1. The lowest BCUT2D eigenvalue weighted by atomic mass is 10.1. The highest BCUT2D eigenvalue weighted by atomic mass is 19.1. The van der Waals surface area contributed by atoms with Gasteiger partial charge in [0.15, 0.2) is 11.4 Å². The van der Waals surface area contributed by atoms with E-state index in [-0.39, 0.29) is 17.3 Å². The molecule has 2 aliphatic rings. The average molecular weight is 415 g/mol. The van der Waals surface area contributed by atoms with Crippen LogP contribution in [-0.2, 0) is 6.54 Å². The van der Waals surface area contributed by atoms with Gasteiger partial charge in [-0.1, -0.05) is 12.2 Å². The Kier molecular flexibility index (Phi) is 4.89. The van der Waals surface area contributed by atoms with Gasteiger partial charge in [0.25, 0.3) is 11.8 Å². The van der Waals surface area contributed by atoms with Crippen molar-refractivity contribution < 1.29 is 23.5 Å². The van der Waals surface area contributed by atoms with Crippen molar-refractivity contribution in [1.82, 2.24) is 14.8 Å². The highest BCUT2D eigenvalue weighted by molar-refractivity contribution is 5.99. The summed E-state index contributed by atoms with van der Waals surface area (Å²) < 4.78 is 29.4. The van der Waals surface area contributed by atoms with Crippen molar-refractivity contribution in [3.63, 3.8) is 0 Å². The molecule has 0 aliphatic carbocycles. The lowest BCUT2D eigenvalue weighted by Gasteiger charge is -2.33. The van der Waals surface area contributed by atoms with Crippen LogP contribution in [0.15, 0.2) is 35.3 Å². The number of halogens is 2. The number of hydrogen-bond donors (Lipinski definition) is 2. The molecule has 1 aromatic carbocycles. The zero-order valence-corrected chi connectivity index (χ0v) is 16.1. The van der Waals surface area contributed by atoms with E-state index in [0.29, 0.717) is 25.1 Å². The molecule has 4 rings (SSSR count). The quantitative estimate of drug-likeness (QED) is 0.751. The molecule has 2 N–H and O–H groups in total. The van der Waals surface area contributed by atoms with Gasteiger partial charge in [0.05, 0.1) is 6.04 Å². The maximum Gasteiger partial charge on any atom is 0.274 e. The molecule has 3 heterocycles. The molecule has 30 heavy (non-hydrogen) atoms. The van der Waals surface area contributed by atoms with Crippen molar-refractivity contribution in [2.45, 2.75) is 25.9 Å². The molecule has 1 atom stereocenters. The fourth-order valence-electron chi connectivity index (χ4n) is 3.79. The van der Waals surface area contributed by atoms with Gasteiger partial charge in [-0.2, -0.15) is 0 Å². The van der Waals surface area contributed by atoms with E-state index in [1.54, 1.807) is 4.90 Å². The highest BCUT2D eigenvalue weighted by Crippen LogP contribution is 2.29. The van der Waals surface area contributed by atoms with E-state index < -0.39 is 46.7 Å².